The predicted molar refractivity (Wildman–Crippen MR) is 127 cm³/mol. The fourth-order valence-electron chi connectivity index (χ4n) is 4.02. The molecule has 1 fully saturated rings. The molecule has 4 rings (SSSR count). The smallest absolute Gasteiger partial charge is 0.251 e. The van der Waals surface area contributed by atoms with E-state index in [0.717, 1.165) is 39.3 Å². The Kier molecular flexibility index (Phi) is 7.46. The number of rotatable bonds is 7. The molecule has 6 nitrogen and oxygen atoms in total. The van der Waals surface area contributed by atoms with Gasteiger partial charge in [-0.2, -0.15) is 0 Å². The maximum Gasteiger partial charge on any atom is 0.251 e. The van der Waals surface area contributed by atoms with Gasteiger partial charge in [0.1, 0.15) is 0 Å². The van der Waals surface area contributed by atoms with Crippen molar-refractivity contribution in [3.8, 4) is 11.5 Å². The van der Waals surface area contributed by atoms with E-state index in [9.17, 15) is 4.79 Å². The van der Waals surface area contributed by atoms with Crippen molar-refractivity contribution >= 4 is 29.1 Å². The number of piperazine rings is 1. The molecular formula is C24H29Cl2N3O3. The first kappa shape index (κ1) is 23.2. The number of benzene rings is 2. The highest BCUT2D eigenvalue weighted by Gasteiger charge is 2.24. The average Bonchev–Trinajstić information content (AvgIpc) is 3.25. The Morgan fingerprint density at radius 1 is 0.969 bits per heavy atom. The van der Waals surface area contributed by atoms with E-state index in [2.05, 4.69) is 29.0 Å². The molecule has 172 valence electrons. The van der Waals surface area contributed by atoms with Crippen molar-refractivity contribution in [3.63, 3.8) is 0 Å². The standard InChI is InChI=1S/C24H29Cl2N3O3/c1-16(2)21(27-24(30)18-4-6-22-23(12-18)32-15-31-22)14-29-9-7-28(8-10-29)13-17-3-5-19(25)20(26)11-17/h3-6,11-12,16,21H,7-10,13-15H2,1-2H3,(H,27,30). The molecule has 0 bridgehead atoms. The monoisotopic (exact) mass is 477 g/mol. The Balaban J connectivity index is 1.29. The molecule has 0 saturated carbocycles. The third-order valence-corrected chi connectivity index (χ3v) is 6.81. The largest absolute Gasteiger partial charge is 0.454 e. The maximum atomic E-state index is 12.9. The fourth-order valence-corrected chi connectivity index (χ4v) is 4.34. The van der Waals surface area contributed by atoms with Crippen LogP contribution in [0.15, 0.2) is 36.4 Å². The Morgan fingerprint density at radius 2 is 1.69 bits per heavy atom. The van der Waals surface area contributed by atoms with E-state index in [-0.39, 0.29) is 18.7 Å². The average molecular weight is 478 g/mol. The van der Waals surface area contributed by atoms with E-state index in [1.54, 1.807) is 18.2 Å². The minimum Gasteiger partial charge on any atom is -0.454 e. The minimum absolute atomic E-state index is 0.0644. The SMILES string of the molecule is CC(C)C(CN1CCN(Cc2ccc(Cl)c(Cl)c2)CC1)NC(=O)c1ccc2c(c1)OCO2. The van der Waals surface area contributed by atoms with Crippen molar-refractivity contribution in [1.29, 1.82) is 0 Å². The molecule has 1 unspecified atom stereocenters. The molecule has 2 aromatic carbocycles. The van der Waals surface area contributed by atoms with Gasteiger partial charge in [-0.3, -0.25) is 14.6 Å². The van der Waals surface area contributed by atoms with Crippen LogP contribution in [0.4, 0.5) is 0 Å². The van der Waals surface area contributed by atoms with Crippen LogP contribution in [0.3, 0.4) is 0 Å². The highest BCUT2D eigenvalue weighted by Crippen LogP contribution is 2.32. The topological polar surface area (TPSA) is 54.0 Å². The van der Waals surface area contributed by atoms with Gasteiger partial charge in [-0.15, -0.1) is 0 Å². The summed E-state index contributed by atoms with van der Waals surface area (Å²) in [5.74, 6) is 1.54. The number of fused-ring (bicyclic) bond motifs is 1. The van der Waals surface area contributed by atoms with E-state index in [0.29, 0.717) is 33.0 Å². The Bertz CT molecular complexity index is 962. The summed E-state index contributed by atoms with van der Waals surface area (Å²) < 4.78 is 10.7. The molecule has 1 amide bonds. The summed E-state index contributed by atoms with van der Waals surface area (Å²) >= 11 is 12.2. The van der Waals surface area contributed by atoms with Crippen LogP contribution >= 0.6 is 23.2 Å². The number of hydrogen-bond donors (Lipinski definition) is 1. The van der Waals surface area contributed by atoms with E-state index < -0.39 is 0 Å². The maximum absolute atomic E-state index is 12.9. The molecule has 2 heterocycles. The molecule has 1 saturated heterocycles. The van der Waals surface area contributed by atoms with Gasteiger partial charge < -0.3 is 14.8 Å². The Hall–Kier alpha value is -1.99. The van der Waals surface area contributed by atoms with Crippen LogP contribution in [-0.4, -0.2) is 61.3 Å². The summed E-state index contributed by atoms with van der Waals surface area (Å²) in [6, 6.07) is 11.2. The van der Waals surface area contributed by atoms with Gasteiger partial charge in [0, 0.05) is 50.9 Å². The van der Waals surface area contributed by atoms with Crippen LogP contribution in [0.2, 0.25) is 10.0 Å². The molecule has 0 radical (unpaired) electrons. The second-order valence-electron chi connectivity index (χ2n) is 8.72. The van der Waals surface area contributed by atoms with Crippen molar-refractivity contribution in [3.05, 3.63) is 57.6 Å². The van der Waals surface area contributed by atoms with Gasteiger partial charge in [-0.25, -0.2) is 0 Å². The number of hydrogen-bond acceptors (Lipinski definition) is 5. The van der Waals surface area contributed by atoms with Gasteiger partial charge in [-0.1, -0.05) is 43.1 Å². The second-order valence-corrected chi connectivity index (χ2v) is 9.53. The van der Waals surface area contributed by atoms with Gasteiger partial charge in [-0.05, 0) is 41.8 Å². The number of carbonyl (C=O) groups excluding carboxylic acids is 1. The highest BCUT2D eigenvalue weighted by molar-refractivity contribution is 6.42. The van der Waals surface area contributed by atoms with E-state index >= 15 is 0 Å². The molecule has 0 aliphatic carbocycles. The molecule has 0 spiro atoms. The molecule has 2 aliphatic heterocycles. The summed E-state index contributed by atoms with van der Waals surface area (Å²) in [6.07, 6.45) is 0. The first-order valence-corrected chi connectivity index (χ1v) is 11.7. The number of amides is 1. The van der Waals surface area contributed by atoms with E-state index in [1.807, 2.05) is 18.2 Å². The van der Waals surface area contributed by atoms with E-state index in [1.165, 1.54) is 5.56 Å². The normalized spacial score (nSPS) is 17.5. The summed E-state index contributed by atoms with van der Waals surface area (Å²) in [4.78, 5) is 17.7. The molecule has 1 N–H and O–H groups in total. The zero-order valence-corrected chi connectivity index (χ0v) is 20.0. The lowest BCUT2D eigenvalue weighted by atomic mass is 10.0. The van der Waals surface area contributed by atoms with Crippen LogP contribution < -0.4 is 14.8 Å². The first-order valence-electron chi connectivity index (χ1n) is 11.0. The lowest BCUT2D eigenvalue weighted by molar-refractivity contribution is 0.0861. The zero-order valence-electron chi connectivity index (χ0n) is 18.4. The van der Waals surface area contributed by atoms with E-state index in [4.69, 9.17) is 32.7 Å². The van der Waals surface area contributed by atoms with Crippen LogP contribution in [0.5, 0.6) is 11.5 Å². The summed E-state index contributed by atoms with van der Waals surface area (Å²) in [7, 11) is 0. The van der Waals surface area contributed by atoms with Crippen molar-refractivity contribution in [2.75, 3.05) is 39.5 Å². The van der Waals surface area contributed by atoms with Gasteiger partial charge in [0.25, 0.3) is 5.91 Å². The Labute approximate surface area is 199 Å². The number of halogens is 2. The van der Waals surface area contributed by atoms with Crippen molar-refractivity contribution < 1.29 is 14.3 Å². The van der Waals surface area contributed by atoms with Gasteiger partial charge >= 0.3 is 0 Å². The van der Waals surface area contributed by atoms with Gasteiger partial charge in [0.2, 0.25) is 6.79 Å². The molecule has 1 atom stereocenters. The first-order chi connectivity index (χ1) is 15.4. The van der Waals surface area contributed by atoms with Crippen molar-refractivity contribution in [1.82, 2.24) is 15.1 Å². The lowest BCUT2D eigenvalue weighted by Crippen LogP contribution is -2.52. The zero-order chi connectivity index (χ0) is 22.7. The molecule has 32 heavy (non-hydrogen) atoms. The van der Waals surface area contributed by atoms with Crippen LogP contribution in [-0.2, 0) is 6.54 Å². The summed E-state index contributed by atoms with van der Waals surface area (Å²) in [6.45, 7) is 10.0. The third-order valence-electron chi connectivity index (χ3n) is 6.07. The third kappa shape index (κ3) is 5.67. The molecule has 0 aromatic heterocycles. The predicted octanol–water partition coefficient (Wildman–Crippen LogP) is 4.29. The molecule has 8 heteroatoms. The van der Waals surface area contributed by atoms with Gasteiger partial charge in [0.05, 0.1) is 10.0 Å². The number of nitrogens with one attached hydrogen (secondary N) is 1. The molecule has 2 aromatic rings. The summed E-state index contributed by atoms with van der Waals surface area (Å²) in [5, 5.41) is 4.40. The second kappa shape index (κ2) is 10.3. The minimum atomic E-state index is -0.0831. The van der Waals surface area contributed by atoms with Crippen LogP contribution in [0, 0.1) is 5.92 Å². The number of carbonyl (C=O) groups is 1. The Morgan fingerprint density at radius 3 is 2.41 bits per heavy atom. The molecule has 2 aliphatic rings. The number of nitrogens with zero attached hydrogens (tertiary/aromatic N) is 2. The van der Waals surface area contributed by atoms with Crippen molar-refractivity contribution in [2.24, 2.45) is 5.92 Å². The van der Waals surface area contributed by atoms with Crippen LogP contribution in [0.1, 0.15) is 29.8 Å². The molecular weight excluding hydrogens is 449 g/mol. The van der Waals surface area contributed by atoms with Crippen molar-refractivity contribution in [2.45, 2.75) is 26.4 Å². The van der Waals surface area contributed by atoms with Crippen LogP contribution in [0.25, 0.3) is 0 Å². The summed E-state index contributed by atoms with van der Waals surface area (Å²) in [5.41, 5.74) is 1.76. The highest BCUT2D eigenvalue weighted by atomic mass is 35.5. The lowest BCUT2D eigenvalue weighted by Gasteiger charge is -2.37. The van der Waals surface area contributed by atoms with Gasteiger partial charge in [0.15, 0.2) is 11.5 Å². The quantitative estimate of drug-likeness (QED) is 0.644. The fraction of sp³-hybridized carbons (Fsp3) is 0.458. The number of ether oxygens (including phenoxy) is 2.